The molecule has 0 aliphatic carbocycles. The largest absolute Gasteiger partial charge is 0.311 e. The summed E-state index contributed by atoms with van der Waals surface area (Å²) in [5.41, 5.74) is 13.4. The summed E-state index contributed by atoms with van der Waals surface area (Å²) >= 11 is 0. The van der Waals surface area contributed by atoms with Gasteiger partial charge in [-0.3, -0.25) is 0 Å². The summed E-state index contributed by atoms with van der Waals surface area (Å²) in [6.07, 6.45) is 0. The van der Waals surface area contributed by atoms with Gasteiger partial charge in [0.1, 0.15) is 0 Å². The van der Waals surface area contributed by atoms with Crippen LogP contribution in [0.4, 0.5) is 17.1 Å². The maximum Gasteiger partial charge on any atom is 0.0645 e. The van der Waals surface area contributed by atoms with E-state index in [2.05, 4.69) is 152 Å². The molecule has 0 N–H and O–H groups in total. The Labute approximate surface area is 352 Å². The van der Waals surface area contributed by atoms with Gasteiger partial charge in [-0.05, 0) is 132 Å². The topological polar surface area (TPSA) is 3.24 Å². The number of anilines is 3. The van der Waals surface area contributed by atoms with E-state index in [1.165, 1.54) is 0 Å². The monoisotopic (exact) mass is 755 g/mol. The number of nitrogens with zero attached hydrogens (tertiary/aromatic N) is 1. The van der Waals surface area contributed by atoms with Gasteiger partial charge in [0.25, 0.3) is 0 Å². The lowest BCUT2D eigenvalue weighted by Crippen LogP contribution is -2.09. The molecule has 0 heterocycles. The van der Waals surface area contributed by atoms with Crippen molar-refractivity contribution in [2.75, 3.05) is 4.90 Å². The maximum atomic E-state index is 9.50. The van der Waals surface area contributed by atoms with E-state index in [0.29, 0.717) is 16.9 Å². The third kappa shape index (κ3) is 7.34. The fourth-order valence-electron chi connectivity index (χ4n) is 7.98. The standard InChI is InChI=1S/C58H41N/c1-5-15-42(16-6-1)45-25-32-53(33-26-45)59(55-36-29-49(30-37-55)58-56-24-14-13-23-48(56)31-38-57(58)47-21-11-4-12-22-47)54-34-27-46(28-35-54)52-40-50(43-17-7-2-8-18-43)39-51(41-52)44-19-9-3-10-20-44/h1-41H/i25D,26D,32D,33D. The van der Waals surface area contributed by atoms with Gasteiger partial charge in [-0.2, -0.15) is 0 Å². The Hall–Kier alpha value is -7.74. The molecule has 1 nitrogen and oxygen atoms in total. The second-order valence-corrected chi connectivity index (χ2v) is 14.6. The summed E-state index contributed by atoms with van der Waals surface area (Å²) in [5.74, 6) is 0. The molecule has 0 bridgehead atoms. The van der Waals surface area contributed by atoms with Gasteiger partial charge in [-0.15, -0.1) is 0 Å². The van der Waals surface area contributed by atoms with Crippen LogP contribution in [0, 0.1) is 0 Å². The Morgan fingerprint density at radius 1 is 0.271 bits per heavy atom. The van der Waals surface area contributed by atoms with E-state index in [9.17, 15) is 5.48 Å². The maximum absolute atomic E-state index is 9.50. The minimum absolute atomic E-state index is 0.0927. The van der Waals surface area contributed by atoms with Crippen LogP contribution < -0.4 is 4.90 Å². The highest BCUT2D eigenvalue weighted by atomic mass is 15.1. The number of fused-ring (bicyclic) bond motifs is 1. The molecule has 10 rings (SSSR count). The highest BCUT2D eigenvalue weighted by Crippen LogP contribution is 2.42. The van der Waals surface area contributed by atoms with Gasteiger partial charge in [-0.1, -0.05) is 194 Å². The van der Waals surface area contributed by atoms with Crippen molar-refractivity contribution in [1.29, 1.82) is 0 Å². The van der Waals surface area contributed by atoms with Crippen LogP contribution in [-0.4, -0.2) is 0 Å². The molecule has 10 aromatic carbocycles. The first kappa shape index (κ1) is 31.4. The summed E-state index contributed by atoms with van der Waals surface area (Å²) in [4.78, 5) is 1.86. The van der Waals surface area contributed by atoms with Crippen LogP contribution in [0.3, 0.4) is 0 Å². The average molecular weight is 756 g/mol. The smallest absolute Gasteiger partial charge is 0.0645 e. The molecule has 0 fully saturated rings. The molecule has 0 amide bonds. The highest BCUT2D eigenvalue weighted by Gasteiger charge is 2.17. The molecule has 1 heteroatoms. The minimum Gasteiger partial charge on any atom is -0.311 e. The second-order valence-electron chi connectivity index (χ2n) is 14.6. The highest BCUT2D eigenvalue weighted by molar-refractivity contribution is 6.04. The summed E-state index contributed by atoms with van der Waals surface area (Å²) < 4.78 is 37.5. The van der Waals surface area contributed by atoms with Crippen molar-refractivity contribution in [3.63, 3.8) is 0 Å². The van der Waals surface area contributed by atoms with Crippen molar-refractivity contribution < 1.29 is 5.48 Å². The molecule has 0 saturated carbocycles. The van der Waals surface area contributed by atoms with Crippen LogP contribution in [0.5, 0.6) is 0 Å². The molecule has 0 aliphatic heterocycles. The zero-order chi connectivity index (χ0) is 42.9. The van der Waals surface area contributed by atoms with Crippen molar-refractivity contribution >= 4 is 27.8 Å². The van der Waals surface area contributed by atoms with E-state index in [1.54, 1.807) is 0 Å². The quantitative estimate of drug-likeness (QED) is 0.142. The molecule has 0 unspecified atom stereocenters. The van der Waals surface area contributed by atoms with Crippen molar-refractivity contribution in [3.05, 3.63) is 249 Å². The van der Waals surface area contributed by atoms with E-state index >= 15 is 0 Å². The second kappa shape index (κ2) is 16.0. The Morgan fingerprint density at radius 2 is 0.678 bits per heavy atom. The van der Waals surface area contributed by atoms with Gasteiger partial charge < -0.3 is 4.90 Å². The Bertz CT molecular complexity index is 3140. The van der Waals surface area contributed by atoms with Gasteiger partial charge in [0, 0.05) is 17.1 Å². The van der Waals surface area contributed by atoms with E-state index < -0.39 is 0 Å². The summed E-state index contributed by atoms with van der Waals surface area (Å²) in [6, 6.07) is 75.9. The van der Waals surface area contributed by atoms with Crippen LogP contribution in [-0.2, 0) is 0 Å². The fraction of sp³-hybridized carbons (Fsp3) is 0. The lowest BCUT2D eigenvalue weighted by Gasteiger charge is -2.26. The summed E-state index contributed by atoms with van der Waals surface area (Å²) in [5, 5.41) is 2.28. The third-order valence-electron chi connectivity index (χ3n) is 10.9. The first-order valence-corrected chi connectivity index (χ1v) is 19.9. The molecule has 10 aromatic rings. The predicted octanol–water partition coefficient (Wildman–Crippen LogP) is 16.3. The van der Waals surface area contributed by atoms with E-state index in [-0.39, 0.29) is 35.4 Å². The molecule has 0 aliphatic rings. The normalized spacial score (nSPS) is 12.0. The van der Waals surface area contributed by atoms with E-state index in [1.807, 2.05) is 77.7 Å². The molecule has 59 heavy (non-hydrogen) atoms. The Morgan fingerprint density at radius 3 is 1.19 bits per heavy atom. The van der Waals surface area contributed by atoms with Crippen molar-refractivity contribution in [3.8, 4) is 66.8 Å². The lowest BCUT2D eigenvalue weighted by atomic mass is 9.89. The van der Waals surface area contributed by atoms with Gasteiger partial charge in [-0.25, -0.2) is 0 Å². The van der Waals surface area contributed by atoms with Crippen LogP contribution in [0.2, 0.25) is 0 Å². The number of hydrogen-bond donors (Lipinski definition) is 0. The van der Waals surface area contributed by atoms with Crippen LogP contribution >= 0.6 is 0 Å². The van der Waals surface area contributed by atoms with Gasteiger partial charge in [0.05, 0.1) is 5.48 Å². The first-order valence-electron chi connectivity index (χ1n) is 21.9. The zero-order valence-corrected chi connectivity index (χ0v) is 32.3. The van der Waals surface area contributed by atoms with E-state index in [4.69, 9.17) is 0 Å². The van der Waals surface area contributed by atoms with Crippen molar-refractivity contribution in [2.24, 2.45) is 0 Å². The van der Waals surface area contributed by atoms with Crippen LogP contribution in [0.25, 0.3) is 77.5 Å². The number of benzene rings is 10. The zero-order valence-electron chi connectivity index (χ0n) is 36.3. The van der Waals surface area contributed by atoms with Crippen LogP contribution in [0.1, 0.15) is 5.48 Å². The molecular weight excluding hydrogens is 711 g/mol. The summed E-state index contributed by atoms with van der Waals surface area (Å²) in [7, 11) is 0. The molecule has 0 atom stereocenters. The molecule has 0 aromatic heterocycles. The first-order chi connectivity index (χ1) is 30.9. The average Bonchev–Trinajstić information content (AvgIpc) is 3.35. The molecule has 0 radical (unpaired) electrons. The number of hydrogen-bond acceptors (Lipinski definition) is 1. The fourth-order valence-corrected chi connectivity index (χ4v) is 7.98. The summed E-state index contributed by atoms with van der Waals surface area (Å²) in [6.45, 7) is 0. The molecule has 0 saturated heterocycles. The Balaban J connectivity index is 1.13. The van der Waals surface area contributed by atoms with Crippen LogP contribution in [0.15, 0.2) is 249 Å². The minimum atomic E-state index is -0.119. The Kier molecular flexibility index (Phi) is 8.51. The molecule has 278 valence electrons. The van der Waals surface area contributed by atoms with Gasteiger partial charge >= 0.3 is 0 Å². The van der Waals surface area contributed by atoms with Crippen molar-refractivity contribution in [2.45, 2.75) is 0 Å². The van der Waals surface area contributed by atoms with Gasteiger partial charge in [0.15, 0.2) is 0 Å². The lowest BCUT2D eigenvalue weighted by molar-refractivity contribution is 1.28. The number of rotatable bonds is 9. The van der Waals surface area contributed by atoms with Crippen molar-refractivity contribution in [1.82, 2.24) is 0 Å². The SMILES string of the molecule is [2H]c1c([2H])c(N(c2ccc(-c3cc(-c4ccccc4)cc(-c4ccccc4)c3)cc2)c2ccc(-c3c(-c4ccccc4)ccc4ccccc34)cc2)c([2H])c([2H])c1-c1ccccc1. The molecule has 0 spiro atoms. The predicted molar refractivity (Wildman–Crippen MR) is 251 cm³/mol. The van der Waals surface area contributed by atoms with E-state index in [0.717, 1.165) is 66.4 Å². The van der Waals surface area contributed by atoms with Gasteiger partial charge in [0.2, 0.25) is 0 Å². The third-order valence-corrected chi connectivity index (χ3v) is 10.9. The molecular formula is C58H41N.